The number of aromatic hydroxyl groups is 1. The molecule has 3 aromatic heterocycles. The number of guanidine groups is 1. The van der Waals surface area contributed by atoms with Crippen molar-refractivity contribution in [2.24, 2.45) is 17.4 Å². The number of aliphatic hydroxyl groups excluding tert-OH is 1. The number of aromatic nitrogens is 4. The lowest BCUT2D eigenvalue weighted by atomic mass is 9.99. The highest BCUT2D eigenvalue weighted by molar-refractivity contribution is 8.00. The number of carboxylic acid groups (broad SMARTS) is 1. The summed E-state index contributed by atoms with van der Waals surface area (Å²) in [6.07, 6.45) is 8.09. The van der Waals surface area contributed by atoms with Crippen LogP contribution in [-0.4, -0.2) is 317 Å². The van der Waals surface area contributed by atoms with Crippen LogP contribution >= 0.6 is 11.8 Å². The van der Waals surface area contributed by atoms with Gasteiger partial charge in [0.25, 0.3) is 0 Å². The maximum atomic E-state index is 15.8. The molecule has 0 saturated carbocycles. The highest BCUT2D eigenvalue weighted by atomic mass is 32.2. The number of phenols is 1. The number of para-hydroxylation sites is 2. The Balaban J connectivity index is 1.09. The lowest BCUT2D eigenvalue weighted by Gasteiger charge is -2.36. The molecule has 6 aromatic rings. The zero-order chi connectivity index (χ0) is 98.3. The van der Waals surface area contributed by atoms with Gasteiger partial charge in [-0.1, -0.05) is 108 Å². The Hall–Kier alpha value is -13.2. The number of phenolic OH excluding ortho intramolecular Hbond substituents is 1. The Morgan fingerprint density at radius 3 is 1.74 bits per heavy atom. The Bertz CT molecular complexity index is 5130. The Morgan fingerprint density at radius 1 is 0.563 bits per heavy atom. The van der Waals surface area contributed by atoms with Gasteiger partial charge in [0.05, 0.1) is 37.7 Å². The third-order valence-electron chi connectivity index (χ3n) is 24.6. The van der Waals surface area contributed by atoms with Crippen molar-refractivity contribution >= 4 is 134 Å². The van der Waals surface area contributed by atoms with E-state index in [0.29, 0.717) is 95.7 Å². The molecular weight excluding hydrogens is 1760 g/mol. The van der Waals surface area contributed by atoms with Gasteiger partial charge in [0.2, 0.25) is 88.6 Å². The number of aliphatic carboxylic acids is 1. The van der Waals surface area contributed by atoms with E-state index < -0.39 is 216 Å². The molecule has 3 aromatic carbocycles. The van der Waals surface area contributed by atoms with Gasteiger partial charge in [0.15, 0.2) is 5.96 Å². The molecule has 22 N–H and O–H groups in total. The van der Waals surface area contributed by atoms with E-state index in [4.69, 9.17) is 16.9 Å². The number of fused-ring (bicyclic) bond motifs is 4. The fraction of sp³-hybridized carbons (Fsp3) is 0.543. The summed E-state index contributed by atoms with van der Waals surface area (Å²) in [6.45, 7) is 7.50. The first-order valence-corrected chi connectivity index (χ1v) is 47.1. The standard InChI is InChI=1S/C92H131N23O19S/c1-9-11-13-27-75-91(134)112(7)72(26-12-10-2)85(128)104-64(25-18-34-97-92(94)95)81(124)110-71(80(123)100-46-76(93)118)49-135-50-77(119)103-67(38-54-30-32-59(117)33-31-54)88(131)111(6)53(5)79(122)107-69(42-78(120)121)90(133)115-36-20-29-74(115)87(130)106-66(41-57-45-96-51-101-57)82(125)102-58(37-52(3)4)47-114-35-19-28-73(114)86(129)105-65(39-55-43-98-62-23-16-14-21-60(55)62)83(126)109-70(48-116)84(127)108-68(89(132)113(75)8)40-56-44-99-63-24-17-15-22-61(56)63/h14-17,21-24,30-33,43-45,51-53,58,64-75,98-99,116-117H,9-13,18-20,25-29,34-42,46-50H2,1-8H3,(H2,93,118)(H,96,101)(H,100,123)(H,102,125)(H,103,119)(H,104,128)(H,105,129)(H,106,130)(H,107,122)(H,108,127)(H,109,126)(H,110,124)(H,120,121)(H4,94,95,97)/t53-,58-,64-,65-,66-,67-,68-,69-,70-,71-,72-,73-,74-,75-/m0/s1. The van der Waals surface area contributed by atoms with Crippen LogP contribution in [0.5, 0.6) is 5.75 Å². The minimum absolute atomic E-state index is 0.000235. The molecule has 42 nitrogen and oxygen atoms in total. The zero-order valence-corrected chi connectivity index (χ0v) is 78.4. The average molecular weight is 1900 g/mol. The number of nitrogens with one attached hydrogen (secondary N) is 15. The van der Waals surface area contributed by atoms with Gasteiger partial charge < -0.3 is 120 Å². The third kappa shape index (κ3) is 30.4. The second kappa shape index (κ2) is 51.3. The van der Waals surface area contributed by atoms with Crippen molar-refractivity contribution in [3.8, 4) is 5.75 Å². The number of rotatable bonds is 27. The fourth-order valence-corrected chi connectivity index (χ4v) is 18.0. The molecule has 43 heteroatoms. The number of nitrogens with zero attached hydrogens (tertiary/aromatic N) is 6. The molecule has 0 spiro atoms. The van der Waals surface area contributed by atoms with Gasteiger partial charge in [0, 0.05) is 124 Å². The topological polar surface area (TPSA) is 618 Å². The number of benzene rings is 3. The molecule has 6 heterocycles. The number of imidazole rings is 1. The first-order valence-electron chi connectivity index (χ1n) is 45.9. The van der Waals surface area contributed by atoms with E-state index in [9.17, 15) is 58.5 Å². The predicted octanol–water partition coefficient (Wildman–Crippen LogP) is -0.437. The molecule has 734 valence electrons. The van der Waals surface area contributed by atoms with Gasteiger partial charge in [-0.25, -0.2) is 4.98 Å². The molecular formula is C92H131N23O19S. The minimum atomic E-state index is -1.85. The fourth-order valence-electron chi connectivity index (χ4n) is 17.2. The molecule has 3 aliphatic rings. The van der Waals surface area contributed by atoms with Crippen LogP contribution in [0.4, 0.5) is 0 Å². The number of carbonyl (C=O) groups is 16. The van der Waals surface area contributed by atoms with Crippen LogP contribution < -0.4 is 70.0 Å². The van der Waals surface area contributed by atoms with E-state index in [2.05, 4.69) is 78.4 Å². The van der Waals surface area contributed by atoms with Crippen LogP contribution in [0.2, 0.25) is 0 Å². The lowest BCUT2D eigenvalue weighted by Crippen LogP contribution is -2.61. The molecule has 0 aliphatic carbocycles. The quantitative estimate of drug-likeness (QED) is 0.0177. The van der Waals surface area contributed by atoms with Crippen LogP contribution in [0.1, 0.15) is 153 Å². The highest BCUT2D eigenvalue weighted by Gasteiger charge is 2.45. The summed E-state index contributed by atoms with van der Waals surface area (Å²) in [4.78, 5) is 255. The Morgan fingerprint density at radius 2 is 1.12 bits per heavy atom. The summed E-state index contributed by atoms with van der Waals surface area (Å²) >= 11 is 0.769. The number of aromatic amines is 3. The normalized spacial score (nSPS) is 24.3. The first kappa shape index (κ1) is 106. The number of likely N-dealkylation sites (N-methyl/N-ethyl adjacent to an activating group) is 3. The third-order valence-corrected chi connectivity index (χ3v) is 25.6. The predicted molar refractivity (Wildman–Crippen MR) is 501 cm³/mol. The zero-order valence-electron chi connectivity index (χ0n) is 77.6. The summed E-state index contributed by atoms with van der Waals surface area (Å²) in [6, 6.07) is 0.173. The van der Waals surface area contributed by atoms with E-state index in [1.807, 2.05) is 56.9 Å². The van der Waals surface area contributed by atoms with Gasteiger partial charge in [-0.05, 0) is 118 Å². The largest absolute Gasteiger partial charge is 0.508 e. The van der Waals surface area contributed by atoms with Crippen molar-refractivity contribution in [3.63, 3.8) is 0 Å². The van der Waals surface area contributed by atoms with E-state index in [1.165, 1.54) is 74.7 Å². The first-order chi connectivity index (χ1) is 64.5. The number of primary amides is 1. The maximum Gasteiger partial charge on any atom is 0.305 e. The van der Waals surface area contributed by atoms with Crippen molar-refractivity contribution < 1.29 is 92.0 Å². The second-order valence-corrected chi connectivity index (χ2v) is 36.2. The van der Waals surface area contributed by atoms with Crippen molar-refractivity contribution in [2.75, 3.05) is 72.0 Å². The van der Waals surface area contributed by atoms with Crippen LogP contribution in [0.3, 0.4) is 0 Å². The minimum Gasteiger partial charge on any atom is -0.508 e. The van der Waals surface area contributed by atoms with E-state index >= 15 is 33.6 Å². The lowest BCUT2D eigenvalue weighted by molar-refractivity contribution is -0.149. The van der Waals surface area contributed by atoms with Gasteiger partial charge in [-0.15, -0.1) is 11.8 Å². The number of unbranched alkanes of at least 4 members (excludes halogenated alkanes) is 3. The smallest absolute Gasteiger partial charge is 0.305 e. The number of aliphatic hydroxyl groups is 1. The van der Waals surface area contributed by atoms with Crippen LogP contribution in [0.25, 0.3) is 21.8 Å². The molecule has 0 unspecified atom stereocenters. The average Bonchev–Trinajstić information content (AvgIpc) is 1.78. The van der Waals surface area contributed by atoms with E-state index in [1.54, 1.807) is 36.7 Å². The molecule has 3 fully saturated rings. The molecule has 9 rings (SSSR count). The second-order valence-electron chi connectivity index (χ2n) is 35.2. The number of hydrogen-bond donors (Lipinski definition) is 20. The Labute approximate surface area is 787 Å². The summed E-state index contributed by atoms with van der Waals surface area (Å²) < 4.78 is 0. The summed E-state index contributed by atoms with van der Waals surface area (Å²) in [5, 5.41) is 71.0. The van der Waals surface area contributed by atoms with Crippen molar-refractivity contribution in [1.29, 1.82) is 5.41 Å². The van der Waals surface area contributed by atoms with Crippen molar-refractivity contribution in [2.45, 2.75) is 241 Å². The Kier molecular flexibility index (Phi) is 40.1. The molecule has 3 aliphatic heterocycles. The molecule has 135 heavy (non-hydrogen) atoms. The van der Waals surface area contributed by atoms with Crippen LogP contribution in [0, 0.1) is 11.3 Å². The summed E-state index contributed by atoms with van der Waals surface area (Å²) in [5.74, 6) is -16.2. The van der Waals surface area contributed by atoms with Gasteiger partial charge in [-0.2, -0.15) is 0 Å². The maximum absolute atomic E-state index is 15.8. The molecule has 0 radical (unpaired) electrons. The number of H-pyrrole nitrogens is 3. The van der Waals surface area contributed by atoms with Crippen molar-refractivity contribution in [3.05, 3.63) is 120 Å². The van der Waals surface area contributed by atoms with Gasteiger partial charge >= 0.3 is 5.97 Å². The number of carboxylic acids is 1. The van der Waals surface area contributed by atoms with E-state index in [0.717, 1.165) is 21.6 Å². The van der Waals surface area contributed by atoms with Gasteiger partial charge in [0.1, 0.15) is 78.3 Å². The molecule has 0 bridgehead atoms. The van der Waals surface area contributed by atoms with Crippen LogP contribution in [-0.2, 0) is 102 Å². The van der Waals surface area contributed by atoms with Crippen molar-refractivity contribution in [1.82, 2.24) is 103 Å². The molecule has 14 atom stereocenters. The highest BCUT2D eigenvalue weighted by Crippen LogP contribution is 2.28. The van der Waals surface area contributed by atoms with Gasteiger partial charge in [-0.3, -0.25) is 87.0 Å². The summed E-state index contributed by atoms with van der Waals surface area (Å²) in [7, 11) is 3.98. The number of amides is 15. The monoisotopic (exact) mass is 1890 g/mol. The molecule has 15 amide bonds. The van der Waals surface area contributed by atoms with E-state index in [-0.39, 0.29) is 102 Å². The number of thioether (sulfide) groups is 1. The number of nitrogens with two attached hydrogens (primary N) is 2. The number of hydrogen-bond acceptors (Lipinski definition) is 22. The number of carbonyl (C=O) groups excluding carboxylic acids is 15. The SMILES string of the molecule is CCCCC[C@H]1C(=O)N(C)[C@@H](CCCC)C(=O)N[C@@H](CCCNC(=N)N)C(=O)N[C@H](C(=O)NCC(N)=O)CSCC(=O)N[C@@H](Cc2ccc(O)cc2)C(=O)N(C)[C@@H](C)C(=O)N[C@@H](CC(=O)O)C(=O)N2CCC[C@H]2C(=O)N[C@@H](Cc2cnc[nH]2)C(=O)N[C@@H](CC(C)C)CN2CCC[C@H]2C(=O)N[C@@H](Cc2c[nH]c3ccccc23)C(=O)N[C@@H](CO)C(=O)N[C@@H](Cc2c[nH]c3ccccc23)C(=O)N1C. The molecule has 3 saturated heterocycles. The van der Waals surface area contributed by atoms with Crippen LogP contribution in [0.15, 0.2) is 97.7 Å². The summed E-state index contributed by atoms with van der Waals surface area (Å²) in [5.41, 5.74) is 14.4.